The Morgan fingerprint density at radius 3 is 2.34 bits per heavy atom. The zero-order valence-electron chi connectivity index (χ0n) is 14.8. The van der Waals surface area contributed by atoms with E-state index in [0.29, 0.717) is 0 Å². The fourth-order valence-electron chi connectivity index (χ4n) is 2.14. The van der Waals surface area contributed by atoms with Crippen molar-refractivity contribution in [2.45, 2.75) is 18.0 Å². The van der Waals surface area contributed by atoms with Crippen molar-refractivity contribution in [3.8, 4) is 28.9 Å². The van der Waals surface area contributed by atoms with Crippen molar-refractivity contribution in [1.29, 1.82) is 0 Å². The highest BCUT2D eigenvalue weighted by Gasteiger charge is 2.29. The van der Waals surface area contributed by atoms with Crippen molar-refractivity contribution < 1.29 is 26.3 Å². The molecule has 0 saturated carbocycles. The van der Waals surface area contributed by atoms with E-state index >= 15 is 0 Å². The number of aromatic nitrogens is 6. The fraction of sp³-hybridized carbons (Fsp3) is 0.250. The molecular weight excluding hydrogens is 413 g/mol. The Balaban J connectivity index is 2.03. The monoisotopic (exact) mass is 426 g/mol. The number of sulfone groups is 1. The van der Waals surface area contributed by atoms with Gasteiger partial charge in [0.2, 0.25) is 5.88 Å². The summed E-state index contributed by atoms with van der Waals surface area (Å²) >= 11 is 0. The third kappa shape index (κ3) is 4.99. The van der Waals surface area contributed by atoms with Gasteiger partial charge in [0, 0.05) is 18.5 Å². The summed E-state index contributed by atoms with van der Waals surface area (Å²) in [6.07, 6.45) is -0.480. The normalized spacial score (nSPS) is 12.0. The summed E-state index contributed by atoms with van der Waals surface area (Å²) in [4.78, 5) is 16.0. The summed E-state index contributed by atoms with van der Waals surface area (Å²) < 4.78 is 66.1. The van der Waals surface area contributed by atoms with Gasteiger partial charge in [-0.1, -0.05) is 6.92 Å². The molecule has 3 heterocycles. The van der Waals surface area contributed by atoms with Crippen LogP contribution in [0.4, 0.5) is 13.2 Å². The molecule has 3 aromatic heterocycles. The van der Waals surface area contributed by atoms with Crippen LogP contribution in [0.1, 0.15) is 6.92 Å². The summed E-state index contributed by atoms with van der Waals surface area (Å²) in [5.41, 5.74) is -0.0601. The minimum atomic E-state index is -4.53. The van der Waals surface area contributed by atoms with Gasteiger partial charge < -0.3 is 4.74 Å². The van der Waals surface area contributed by atoms with E-state index in [1.54, 1.807) is 6.07 Å². The number of hydrogen-bond acceptors (Lipinski definition) is 9. The standard InChI is InChI=1S/C16H13F3N6O3S/c1-2-29(26,27)11-8-22-15(14-20-6-3-7-21-14)23-13(11)10-4-5-12(25-24-10)28-9-16(17,18)19/h3-8H,2,9H2,1H3. The molecule has 9 nitrogen and oxygen atoms in total. The van der Waals surface area contributed by atoms with Gasteiger partial charge >= 0.3 is 6.18 Å². The van der Waals surface area contributed by atoms with E-state index < -0.39 is 22.6 Å². The summed E-state index contributed by atoms with van der Waals surface area (Å²) in [6.45, 7) is -0.0768. The van der Waals surface area contributed by atoms with Gasteiger partial charge in [0.1, 0.15) is 16.3 Å². The molecule has 3 aromatic rings. The third-order valence-corrected chi connectivity index (χ3v) is 5.23. The molecule has 0 amide bonds. The lowest BCUT2D eigenvalue weighted by atomic mass is 10.2. The summed E-state index contributed by atoms with van der Waals surface area (Å²) in [7, 11) is -3.73. The molecule has 0 spiro atoms. The number of rotatable bonds is 6. The van der Waals surface area contributed by atoms with Crippen molar-refractivity contribution >= 4 is 9.84 Å². The Bertz CT molecular complexity index is 1090. The Kier molecular flexibility index (Phi) is 5.68. The number of alkyl halides is 3. The average Bonchev–Trinajstić information content (AvgIpc) is 2.72. The molecule has 0 fully saturated rings. The molecule has 13 heteroatoms. The van der Waals surface area contributed by atoms with Gasteiger partial charge in [0.05, 0.1) is 11.9 Å². The first-order chi connectivity index (χ1) is 13.7. The highest BCUT2D eigenvalue weighted by atomic mass is 32.2. The predicted molar refractivity (Wildman–Crippen MR) is 93.4 cm³/mol. The van der Waals surface area contributed by atoms with E-state index in [0.717, 1.165) is 12.3 Å². The zero-order chi connectivity index (χ0) is 21.1. The number of halogens is 3. The van der Waals surface area contributed by atoms with Crippen LogP contribution in [0.5, 0.6) is 5.88 Å². The second-order valence-corrected chi connectivity index (χ2v) is 7.79. The predicted octanol–water partition coefficient (Wildman–Crippen LogP) is 2.13. The maximum absolute atomic E-state index is 12.4. The van der Waals surface area contributed by atoms with Crippen LogP contribution in [0.2, 0.25) is 0 Å². The Hall–Kier alpha value is -3.22. The summed E-state index contributed by atoms with van der Waals surface area (Å²) in [5, 5.41) is 7.31. The van der Waals surface area contributed by atoms with E-state index in [1.807, 2.05) is 0 Å². The first-order valence-electron chi connectivity index (χ1n) is 8.10. The highest BCUT2D eigenvalue weighted by Crippen LogP contribution is 2.27. The summed E-state index contributed by atoms with van der Waals surface area (Å²) in [5.74, 6) is -0.376. The van der Waals surface area contributed by atoms with Crippen LogP contribution in [0.3, 0.4) is 0 Å². The molecule has 0 aromatic carbocycles. The second kappa shape index (κ2) is 8.03. The maximum atomic E-state index is 12.4. The van der Waals surface area contributed by atoms with Crippen LogP contribution < -0.4 is 4.74 Å². The molecule has 0 saturated heterocycles. The van der Waals surface area contributed by atoms with E-state index in [2.05, 4.69) is 34.9 Å². The van der Waals surface area contributed by atoms with E-state index in [-0.39, 0.29) is 39.6 Å². The SMILES string of the molecule is CCS(=O)(=O)c1cnc(-c2ncccn2)nc1-c1ccc(OCC(F)(F)F)nn1. The largest absolute Gasteiger partial charge is 0.467 e. The lowest BCUT2D eigenvalue weighted by Crippen LogP contribution is -2.19. The first kappa shape index (κ1) is 20.5. The Labute approximate surface area is 163 Å². The van der Waals surface area contributed by atoms with Crippen LogP contribution in [0.15, 0.2) is 41.7 Å². The van der Waals surface area contributed by atoms with Gasteiger partial charge in [-0.05, 0) is 12.1 Å². The topological polar surface area (TPSA) is 121 Å². The average molecular weight is 426 g/mol. The minimum absolute atomic E-state index is 0.0102. The van der Waals surface area contributed by atoms with Crippen LogP contribution in [-0.2, 0) is 9.84 Å². The second-order valence-electron chi connectivity index (χ2n) is 5.54. The molecule has 0 bridgehead atoms. The zero-order valence-corrected chi connectivity index (χ0v) is 15.6. The lowest BCUT2D eigenvalue weighted by molar-refractivity contribution is -0.154. The van der Waals surface area contributed by atoms with Crippen molar-refractivity contribution in [1.82, 2.24) is 30.1 Å². The van der Waals surface area contributed by atoms with Crippen molar-refractivity contribution in [2.75, 3.05) is 12.4 Å². The fourth-order valence-corrected chi connectivity index (χ4v) is 3.11. The summed E-state index contributed by atoms with van der Waals surface area (Å²) in [6, 6.07) is 3.98. The van der Waals surface area contributed by atoms with Gasteiger partial charge in [0.15, 0.2) is 28.1 Å². The van der Waals surface area contributed by atoms with Gasteiger partial charge in [0.25, 0.3) is 0 Å². The molecule has 0 aliphatic carbocycles. The molecular formula is C16H13F3N6O3S. The number of ether oxygens (including phenoxy) is 1. The molecule has 0 N–H and O–H groups in total. The maximum Gasteiger partial charge on any atom is 0.422 e. The van der Waals surface area contributed by atoms with E-state index in [4.69, 9.17) is 0 Å². The van der Waals surface area contributed by atoms with E-state index in [1.165, 1.54) is 25.4 Å². The molecule has 0 radical (unpaired) electrons. The molecule has 0 aliphatic rings. The molecule has 3 rings (SSSR count). The minimum Gasteiger partial charge on any atom is -0.467 e. The first-order valence-corrected chi connectivity index (χ1v) is 9.75. The third-order valence-electron chi connectivity index (χ3n) is 3.50. The highest BCUT2D eigenvalue weighted by molar-refractivity contribution is 7.91. The van der Waals surface area contributed by atoms with Crippen molar-refractivity contribution in [3.05, 3.63) is 36.8 Å². The molecule has 0 aliphatic heterocycles. The lowest BCUT2D eigenvalue weighted by Gasteiger charge is -2.10. The van der Waals surface area contributed by atoms with Gasteiger partial charge in [-0.15, -0.1) is 10.2 Å². The van der Waals surface area contributed by atoms with Crippen LogP contribution in [-0.4, -0.2) is 57.1 Å². The Morgan fingerprint density at radius 2 is 1.76 bits per heavy atom. The van der Waals surface area contributed by atoms with Gasteiger partial charge in [-0.3, -0.25) is 0 Å². The molecule has 0 unspecified atom stereocenters. The molecule has 29 heavy (non-hydrogen) atoms. The van der Waals surface area contributed by atoms with Crippen LogP contribution >= 0.6 is 0 Å². The quantitative estimate of drug-likeness (QED) is 0.583. The van der Waals surface area contributed by atoms with Crippen molar-refractivity contribution in [2.24, 2.45) is 0 Å². The number of nitrogens with zero attached hydrogens (tertiary/aromatic N) is 6. The van der Waals surface area contributed by atoms with Crippen LogP contribution in [0, 0.1) is 0 Å². The molecule has 152 valence electrons. The van der Waals surface area contributed by atoms with E-state index in [9.17, 15) is 21.6 Å². The van der Waals surface area contributed by atoms with Crippen molar-refractivity contribution in [3.63, 3.8) is 0 Å². The van der Waals surface area contributed by atoms with Gasteiger partial charge in [-0.2, -0.15) is 13.2 Å². The number of hydrogen-bond donors (Lipinski definition) is 0. The smallest absolute Gasteiger partial charge is 0.422 e. The van der Waals surface area contributed by atoms with Crippen LogP contribution in [0.25, 0.3) is 23.0 Å². The van der Waals surface area contributed by atoms with Gasteiger partial charge in [-0.25, -0.2) is 28.4 Å². The Morgan fingerprint density at radius 1 is 1.03 bits per heavy atom. The molecule has 0 atom stereocenters.